The van der Waals surface area contributed by atoms with Crippen LogP contribution in [0.2, 0.25) is 0 Å². The molecule has 2 aromatic heterocycles. The van der Waals surface area contributed by atoms with E-state index in [-0.39, 0.29) is 10.9 Å². The van der Waals surface area contributed by atoms with Crippen molar-refractivity contribution in [3.63, 3.8) is 0 Å². The Kier molecular flexibility index (Phi) is 4.16. The van der Waals surface area contributed by atoms with Crippen molar-refractivity contribution in [3.05, 3.63) is 42.2 Å². The summed E-state index contributed by atoms with van der Waals surface area (Å²) >= 11 is 0. The number of hydrogen-bond acceptors (Lipinski definition) is 6. The maximum Gasteiger partial charge on any atom is 0.234 e. The minimum absolute atomic E-state index is 0.0459. The van der Waals surface area contributed by atoms with Gasteiger partial charge < -0.3 is 14.7 Å². The van der Waals surface area contributed by atoms with Gasteiger partial charge in [-0.1, -0.05) is 12.1 Å². The second-order valence-electron chi connectivity index (χ2n) is 4.68. The summed E-state index contributed by atoms with van der Waals surface area (Å²) in [4.78, 5) is 8.41. The molecule has 1 unspecified atom stereocenters. The van der Waals surface area contributed by atoms with Gasteiger partial charge in [-0.15, -0.1) is 0 Å². The number of pyridine rings is 1. The SMILES string of the molecule is COc1ccnc(CS(=O)c2nc3ccccc3n2O)c1OC. The number of ether oxygens (including phenoxy) is 2. The summed E-state index contributed by atoms with van der Waals surface area (Å²) in [5.74, 6) is 0.973. The van der Waals surface area contributed by atoms with Gasteiger partial charge in [0.1, 0.15) is 5.52 Å². The van der Waals surface area contributed by atoms with Gasteiger partial charge in [0, 0.05) is 12.3 Å². The molecule has 0 aliphatic carbocycles. The molecular formula is C15H15N3O4S. The molecule has 1 N–H and O–H groups in total. The van der Waals surface area contributed by atoms with E-state index >= 15 is 0 Å². The molecule has 2 heterocycles. The van der Waals surface area contributed by atoms with Gasteiger partial charge in [-0.2, -0.15) is 4.73 Å². The molecule has 1 aromatic carbocycles. The molecule has 0 spiro atoms. The minimum Gasteiger partial charge on any atom is -0.493 e. The number of benzene rings is 1. The maximum atomic E-state index is 12.6. The first kappa shape index (κ1) is 15.3. The van der Waals surface area contributed by atoms with E-state index < -0.39 is 10.8 Å². The summed E-state index contributed by atoms with van der Waals surface area (Å²) in [6.45, 7) is 0. The Morgan fingerprint density at radius 1 is 1.22 bits per heavy atom. The molecule has 8 heteroatoms. The van der Waals surface area contributed by atoms with Crippen molar-refractivity contribution < 1.29 is 18.9 Å². The topological polar surface area (TPSA) is 86.5 Å². The highest BCUT2D eigenvalue weighted by Gasteiger charge is 2.20. The molecule has 7 nitrogen and oxygen atoms in total. The van der Waals surface area contributed by atoms with Gasteiger partial charge in [0.15, 0.2) is 11.5 Å². The Morgan fingerprint density at radius 2 is 2.00 bits per heavy atom. The summed E-state index contributed by atoms with van der Waals surface area (Å²) < 4.78 is 23.9. The normalized spacial score (nSPS) is 12.3. The van der Waals surface area contributed by atoms with Gasteiger partial charge in [0.2, 0.25) is 5.16 Å². The van der Waals surface area contributed by atoms with Crippen molar-refractivity contribution >= 4 is 21.8 Å². The van der Waals surface area contributed by atoms with Crippen LogP contribution in [0, 0.1) is 0 Å². The first-order valence-corrected chi connectivity index (χ1v) is 8.08. The van der Waals surface area contributed by atoms with Crippen LogP contribution in [0.1, 0.15) is 5.69 Å². The number of fused-ring (bicyclic) bond motifs is 1. The molecule has 120 valence electrons. The molecule has 0 amide bonds. The fourth-order valence-corrected chi connectivity index (χ4v) is 3.36. The van der Waals surface area contributed by atoms with E-state index in [1.165, 1.54) is 14.2 Å². The van der Waals surface area contributed by atoms with Gasteiger partial charge in [0.25, 0.3) is 0 Å². The lowest BCUT2D eigenvalue weighted by molar-refractivity contribution is 0.171. The molecule has 23 heavy (non-hydrogen) atoms. The molecule has 1 atom stereocenters. The average Bonchev–Trinajstić information content (AvgIpc) is 2.92. The van der Waals surface area contributed by atoms with Crippen LogP contribution in [0.3, 0.4) is 0 Å². The lowest BCUT2D eigenvalue weighted by Crippen LogP contribution is -2.07. The molecule has 0 saturated heterocycles. The highest BCUT2D eigenvalue weighted by molar-refractivity contribution is 7.84. The van der Waals surface area contributed by atoms with E-state index in [9.17, 15) is 9.42 Å². The fraction of sp³-hybridized carbons (Fsp3) is 0.200. The van der Waals surface area contributed by atoms with Gasteiger partial charge in [-0.25, -0.2) is 4.98 Å². The molecule has 0 aliphatic heterocycles. The van der Waals surface area contributed by atoms with Crippen LogP contribution in [0.15, 0.2) is 41.7 Å². The molecule has 0 radical (unpaired) electrons. The average molecular weight is 333 g/mol. The van der Waals surface area contributed by atoms with Crippen molar-refractivity contribution in [3.8, 4) is 11.5 Å². The number of methoxy groups -OCH3 is 2. The van der Waals surface area contributed by atoms with Gasteiger partial charge >= 0.3 is 0 Å². The van der Waals surface area contributed by atoms with Crippen LogP contribution in [-0.4, -0.2) is 38.3 Å². The van der Waals surface area contributed by atoms with E-state index in [1.54, 1.807) is 36.5 Å². The molecular weight excluding hydrogens is 318 g/mol. The number of nitrogens with zero attached hydrogens (tertiary/aromatic N) is 3. The molecule has 0 saturated carbocycles. The van der Waals surface area contributed by atoms with Crippen LogP contribution in [0.4, 0.5) is 0 Å². The zero-order valence-corrected chi connectivity index (χ0v) is 13.4. The highest BCUT2D eigenvalue weighted by atomic mass is 32.2. The second-order valence-corrected chi connectivity index (χ2v) is 6.02. The van der Waals surface area contributed by atoms with E-state index in [1.807, 2.05) is 0 Å². The van der Waals surface area contributed by atoms with Gasteiger partial charge in [-0.05, 0) is 12.1 Å². The fourth-order valence-electron chi connectivity index (χ4n) is 2.28. The summed E-state index contributed by atoms with van der Waals surface area (Å²) in [5, 5.41) is 10.2. The second kappa shape index (κ2) is 6.25. The molecule has 3 rings (SSSR count). The van der Waals surface area contributed by atoms with Crippen molar-refractivity contribution in [1.29, 1.82) is 0 Å². The monoisotopic (exact) mass is 333 g/mol. The van der Waals surface area contributed by atoms with Crippen molar-refractivity contribution in [2.24, 2.45) is 0 Å². The third-order valence-corrected chi connectivity index (χ3v) is 4.55. The molecule has 0 aliphatic rings. The largest absolute Gasteiger partial charge is 0.493 e. The third-order valence-electron chi connectivity index (χ3n) is 3.34. The number of aromatic nitrogens is 3. The molecule has 0 fully saturated rings. The lowest BCUT2D eigenvalue weighted by atomic mass is 10.3. The van der Waals surface area contributed by atoms with Crippen LogP contribution >= 0.6 is 0 Å². The van der Waals surface area contributed by atoms with Crippen LogP contribution in [-0.2, 0) is 16.6 Å². The van der Waals surface area contributed by atoms with E-state index in [2.05, 4.69) is 9.97 Å². The van der Waals surface area contributed by atoms with Crippen molar-refractivity contribution in [1.82, 2.24) is 14.7 Å². The van der Waals surface area contributed by atoms with Crippen molar-refractivity contribution in [2.75, 3.05) is 14.2 Å². The predicted octanol–water partition coefficient (Wildman–Crippen LogP) is 1.99. The number of rotatable bonds is 5. The van der Waals surface area contributed by atoms with E-state index in [0.717, 1.165) is 4.73 Å². The quantitative estimate of drug-likeness (QED) is 0.719. The Morgan fingerprint density at radius 3 is 2.70 bits per heavy atom. The van der Waals surface area contributed by atoms with Crippen LogP contribution < -0.4 is 9.47 Å². The number of para-hydroxylation sites is 2. The molecule has 3 aromatic rings. The maximum absolute atomic E-state index is 12.6. The summed E-state index contributed by atoms with van der Waals surface area (Å²) in [6, 6.07) is 8.68. The highest BCUT2D eigenvalue weighted by Crippen LogP contribution is 2.30. The van der Waals surface area contributed by atoms with Crippen LogP contribution in [0.5, 0.6) is 11.5 Å². The first-order chi connectivity index (χ1) is 11.2. The third kappa shape index (κ3) is 2.72. The lowest BCUT2D eigenvalue weighted by Gasteiger charge is -2.11. The van der Waals surface area contributed by atoms with Gasteiger partial charge in [-0.3, -0.25) is 9.19 Å². The van der Waals surface area contributed by atoms with Crippen LogP contribution in [0.25, 0.3) is 11.0 Å². The predicted molar refractivity (Wildman–Crippen MR) is 84.4 cm³/mol. The smallest absolute Gasteiger partial charge is 0.234 e. The summed E-state index contributed by atoms with van der Waals surface area (Å²) in [6.07, 6.45) is 1.55. The summed E-state index contributed by atoms with van der Waals surface area (Å²) in [7, 11) is 1.42. The van der Waals surface area contributed by atoms with Crippen molar-refractivity contribution in [2.45, 2.75) is 10.9 Å². The van der Waals surface area contributed by atoms with Gasteiger partial charge in [0.05, 0.1) is 42.0 Å². The number of imidazole rings is 1. The first-order valence-electron chi connectivity index (χ1n) is 6.76. The van der Waals surface area contributed by atoms with E-state index in [4.69, 9.17) is 9.47 Å². The Bertz CT molecular complexity index is 878. The van der Waals surface area contributed by atoms with E-state index in [0.29, 0.717) is 28.2 Å². The Labute approximate surface area is 134 Å². The number of hydrogen-bond donors (Lipinski definition) is 1. The zero-order valence-electron chi connectivity index (χ0n) is 12.6. The Hall–Kier alpha value is -2.61. The molecule has 0 bridgehead atoms. The Balaban J connectivity index is 1.97. The minimum atomic E-state index is -1.60. The standard InChI is InChI=1S/C15H15N3O4S/c1-21-13-7-8-16-11(14(13)22-2)9-23(20)15-17-10-5-3-4-6-12(10)18(15)19/h3-8,19H,9H2,1-2H3. The zero-order chi connectivity index (χ0) is 16.4. The summed E-state index contributed by atoms with van der Waals surface area (Å²) in [5.41, 5.74) is 1.54.